The first-order valence-electron chi connectivity index (χ1n) is 6.44. The standard InChI is InChI=1S/C13H23NO3/c1-4-17-13(16)7-12(15)9-14-8-10(2)5-6-11(14)3/h10-11H,4-9H2,1-3H3. The van der Waals surface area contributed by atoms with Crippen LogP contribution >= 0.6 is 0 Å². The highest BCUT2D eigenvalue weighted by Crippen LogP contribution is 2.20. The van der Waals surface area contributed by atoms with Gasteiger partial charge in [-0.2, -0.15) is 0 Å². The lowest BCUT2D eigenvalue weighted by Gasteiger charge is -2.36. The SMILES string of the molecule is CCOC(=O)CC(=O)CN1CC(C)CCC1C. The predicted octanol–water partition coefficient (Wildman–Crippen LogP) is 1.63. The summed E-state index contributed by atoms with van der Waals surface area (Å²) in [6, 6.07) is 0.442. The zero-order valence-electron chi connectivity index (χ0n) is 11.1. The van der Waals surface area contributed by atoms with Crippen LogP contribution in [0.4, 0.5) is 0 Å². The highest BCUT2D eigenvalue weighted by atomic mass is 16.5. The van der Waals surface area contributed by atoms with Gasteiger partial charge in [-0.15, -0.1) is 0 Å². The van der Waals surface area contributed by atoms with Crippen LogP contribution in [-0.4, -0.2) is 42.4 Å². The molecule has 0 aromatic rings. The number of rotatable bonds is 5. The molecule has 1 saturated heterocycles. The van der Waals surface area contributed by atoms with Gasteiger partial charge in [-0.05, 0) is 32.6 Å². The molecule has 0 spiro atoms. The summed E-state index contributed by atoms with van der Waals surface area (Å²) in [4.78, 5) is 25.1. The summed E-state index contributed by atoms with van der Waals surface area (Å²) < 4.78 is 4.77. The number of ether oxygens (including phenoxy) is 1. The molecule has 0 aromatic heterocycles. The van der Waals surface area contributed by atoms with E-state index in [1.165, 1.54) is 6.42 Å². The van der Waals surface area contributed by atoms with E-state index in [4.69, 9.17) is 4.74 Å². The number of esters is 1. The molecule has 0 aliphatic carbocycles. The predicted molar refractivity (Wildman–Crippen MR) is 65.7 cm³/mol. The van der Waals surface area contributed by atoms with Crippen molar-refractivity contribution < 1.29 is 14.3 Å². The second-order valence-corrected chi connectivity index (χ2v) is 4.98. The lowest BCUT2D eigenvalue weighted by Crippen LogP contribution is -2.44. The van der Waals surface area contributed by atoms with Crippen LogP contribution in [0.3, 0.4) is 0 Å². The fraction of sp³-hybridized carbons (Fsp3) is 0.846. The molecule has 0 saturated carbocycles. The molecule has 0 aromatic carbocycles. The van der Waals surface area contributed by atoms with Crippen LogP contribution in [0, 0.1) is 5.92 Å². The molecule has 17 heavy (non-hydrogen) atoms. The summed E-state index contributed by atoms with van der Waals surface area (Å²) in [6.07, 6.45) is 2.27. The van der Waals surface area contributed by atoms with Gasteiger partial charge in [-0.1, -0.05) is 6.92 Å². The van der Waals surface area contributed by atoms with E-state index >= 15 is 0 Å². The van der Waals surface area contributed by atoms with Gasteiger partial charge in [0.05, 0.1) is 13.2 Å². The number of Topliss-reactive ketones (excluding diaryl/α,β-unsaturated/α-hetero) is 1. The normalized spacial score (nSPS) is 25.6. The molecule has 0 amide bonds. The first-order chi connectivity index (χ1) is 8.02. The molecule has 4 heteroatoms. The van der Waals surface area contributed by atoms with Crippen LogP contribution < -0.4 is 0 Å². The molecule has 1 rings (SSSR count). The van der Waals surface area contributed by atoms with Gasteiger partial charge in [-0.3, -0.25) is 14.5 Å². The molecular weight excluding hydrogens is 218 g/mol. The van der Waals surface area contributed by atoms with E-state index in [0.717, 1.165) is 13.0 Å². The van der Waals surface area contributed by atoms with E-state index in [1.54, 1.807) is 6.92 Å². The minimum absolute atomic E-state index is 0.0376. The summed E-state index contributed by atoms with van der Waals surface area (Å²) in [6.45, 7) is 7.76. The molecule has 1 aliphatic heterocycles. The Labute approximate surface area is 103 Å². The van der Waals surface area contributed by atoms with Gasteiger partial charge >= 0.3 is 5.97 Å². The van der Waals surface area contributed by atoms with Crippen molar-refractivity contribution in [2.24, 2.45) is 5.92 Å². The minimum Gasteiger partial charge on any atom is -0.466 e. The average molecular weight is 241 g/mol. The third-order valence-electron chi connectivity index (χ3n) is 3.27. The summed E-state index contributed by atoms with van der Waals surface area (Å²) in [5.41, 5.74) is 0. The zero-order chi connectivity index (χ0) is 12.8. The second-order valence-electron chi connectivity index (χ2n) is 4.98. The topological polar surface area (TPSA) is 46.6 Å². The summed E-state index contributed by atoms with van der Waals surface area (Å²) in [5, 5.41) is 0. The Morgan fingerprint density at radius 1 is 1.29 bits per heavy atom. The molecule has 2 atom stereocenters. The van der Waals surface area contributed by atoms with Gasteiger partial charge in [0.25, 0.3) is 0 Å². The van der Waals surface area contributed by atoms with Crippen molar-refractivity contribution in [3.05, 3.63) is 0 Å². The number of likely N-dealkylation sites (tertiary alicyclic amines) is 1. The number of hydrogen-bond donors (Lipinski definition) is 0. The van der Waals surface area contributed by atoms with E-state index in [0.29, 0.717) is 25.1 Å². The van der Waals surface area contributed by atoms with Crippen LogP contribution in [0.25, 0.3) is 0 Å². The summed E-state index contributed by atoms with van der Waals surface area (Å²) in [7, 11) is 0. The monoisotopic (exact) mass is 241 g/mol. The van der Waals surface area contributed by atoms with Crippen molar-refractivity contribution in [1.82, 2.24) is 4.90 Å². The molecule has 4 nitrogen and oxygen atoms in total. The third kappa shape index (κ3) is 4.86. The minimum atomic E-state index is -0.407. The lowest BCUT2D eigenvalue weighted by molar-refractivity contribution is -0.145. The fourth-order valence-corrected chi connectivity index (χ4v) is 2.26. The summed E-state index contributed by atoms with van der Waals surface area (Å²) in [5.74, 6) is 0.196. The van der Waals surface area contributed by atoms with Crippen molar-refractivity contribution in [2.75, 3.05) is 19.7 Å². The molecular formula is C13H23NO3. The number of piperidine rings is 1. The second kappa shape index (κ2) is 6.74. The van der Waals surface area contributed by atoms with Crippen molar-refractivity contribution in [1.29, 1.82) is 0 Å². The Kier molecular flexibility index (Phi) is 5.62. The van der Waals surface area contributed by atoms with Crippen LogP contribution in [-0.2, 0) is 14.3 Å². The van der Waals surface area contributed by atoms with Crippen LogP contribution in [0.1, 0.15) is 40.0 Å². The van der Waals surface area contributed by atoms with E-state index in [9.17, 15) is 9.59 Å². The molecule has 1 heterocycles. The molecule has 1 aliphatic rings. The number of carbonyl (C=O) groups is 2. The highest BCUT2D eigenvalue weighted by molar-refractivity contribution is 5.96. The van der Waals surface area contributed by atoms with Gasteiger partial charge in [0, 0.05) is 12.6 Å². The Morgan fingerprint density at radius 2 is 2.00 bits per heavy atom. The van der Waals surface area contributed by atoms with Gasteiger partial charge in [0.1, 0.15) is 6.42 Å². The van der Waals surface area contributed by atoms with E-state index in [2.05, 4.69) is 18.7 Å². The summed E-state index contributed by atoms with van der Waals surface area (Å²) >= 11 is 0. The molecule has 1 fully saturated rings. The Bertz CT molecular complexity index is 278. The first-order valence-corrected chi connectivity index (χ1v) is 6.44. The van der Waals surface area contributed by atoms with E-state index in [-0.39, 0.29) is 12.2 Å². The van der Waals surface area contributed by atoms with Crippen molar-refractivity contribution in [3.8, 4) is 0 Å². The van der Waals surface area contributed by atoms with E-state index < -0.39 is 5.97 Å². The Balaban J connectivity index is 2.36. The van der Waals surface area contributed by atoms with Crippen LogP contribution in [0.2, 0.25) is 0 Å². The number of nitrogens with zero attached hydrogens (tertiary/aromatic N) is 1. The highest BCUT2D eigenvalue weighted by Gasteiger charge is 2.25. The van der Waals surface area contributed by atoms with Crippen molar-refractivity contribution >= 4 is 11.8 Å². The number of ketones is 1. The van der Waals surface area contributed by atoms with Gasteiger partial charge < -0.3 is 4.74 Å². The maximum atomic E-state index is 11.7. The maximum Gasteiger partial charge on any atom is 0.313 e. The number of hydrogen-bond acceptors (Lipinski definition) is 4. The first kappa shape index (κ1) is 14.2. The number of carbonyl (C=O) groups excluding carboxylic acids is 2. The fourth-order valence-electron chi connectivity index (χ4n) is 2.26. The average Bonchev–Trinajstić information content (AvgIpc) is 2.23. The van der Waals surface area contributed by atoms with Crippen molar-refractivity contribution in [2.45, 2.75) is 46.1 Å². The largest absolute Gasteiger partial charge is 0.466 e. The molecule has 2 unspecified atom stereocenters. The Hall–Kier alpha value is -0.900. The lowest BCUT2D eigenvalue weighted by atomic mass is 9.95. The van der Waals surface area contributed by atoms with E-state index in [1.807, 2.05) is 0 Å². The quantitative estimate of drug-likeness (QED) is 0.542. The van der Waals surface area contributed by atoms with Gasteiger partial charge in [0.2, 0.25) is 0 Å². The molecule has 98 valence electrons. The van der Waals surface area contributed by atoms with Crippen LogP contribution in [0.5, 0.6) is 0 Å². The maximum absolute atomic E-state index is 11.7. The van der Waals surface area contributed by atoms with Gasteiger partial charge in [-0.25, -0.2) is 0 Å². The zero-order valence-corrected chi connectivity index (χ0v) is 11.1. The Morgan fingerprint density at radius 3 is 2.65 bits per heavy atom. The smallest absolute Gasteiger partial charge is 0.313 e. The van der Waals surface area contributed by atoms with Crippen LogP contribution in [0.15, 0.2) is 0 Å². The molecule has 0 bridgehead atoms. The third-order valence-corrected chi connectivity index (χ3v) is 3.27. The van der Waals surface area contributed by atoms with Gasteiger partial charge in [0.15, 0.2) is 5.78 Å². The molecule has 0 radical (unpaired) electrons. The van der Waals surface area contributed by atoms with Crippen molar-refractivity contribution in [3.63, 3.8) is 0 Å². The molecule has 0 N–H and O–H groups in total.